The normalized spacial score (nSPS) is 21.0. The zero-order valence-corrected chi connectivity index (χ0v) is 15.2. The van der Waals surface area contributed by atoms with Gasteiger partial charge in [-0.1, -0.05) is 32.9 Å². The summed E-state index contributed by atoms with van der Waals surface area (Å²) in [7, 11) is -3.54. The van der Waals surface area contributed by atoms with Gasteiger partial charge in [-0.3, -0.25) is 9.69 Å². The summed E-state index contributed by atoms with van der Waals surface area (Å²) < 4.78 is 27.8. The van der Waals surface area contributed by atoms with Crippen LogP contribution in [0.25, 0.3) is 0 Å². The van der Waals surface area contributed by atoms with E-state index in [4.69, 9.17) is 5.11 Å². The third kappa shape index (κ3) is 4.55. The van der Waals surface area contributed by atoms with Gasteiger partial charge < -0.3 is 5.11 Å². The zero-order valence-electron chi connectivity index (χ0n) is 14.4. The lowest BCUT2D eigenvalue weighted by molar-refractivity contribution is -0.139. The number of carboxylic acid groups (broad SMARTS) is 1. The van der Waals surface area contributed by atoms with Gasteiger partial charge in [-0.25, -0.2) is 13.1 Å². The Bertz CT molecular complexity index is 682. The number of hydrogen-bond acceptors (Lipinski definition) is 4. The summed E-state index contributed by atoms with van der Waals surface area (Å²) in [6, 6.07) is 7.00. The summed E-state index contributed by atoms with van der Waals surface area (Å²) in [6.07, 6.45) is 1.29. The molecule has 134 valence electrons. The van der Waals surface area contributed by atoms with Crippen LogP contribution in [0.3, 0.4) is 0 Å². The maximum absolute atomic E-state index is 12.5. The van der Waals surface area contributed by atoms with Crippen molar-refractivity contribution in [2.24, 2.45) is 0 Å². The first kappa shape index (κ1) is 18.9. The highest BCUT2D eigenvalue weighted by Crippen LogP contribution is 2.27. The van der Waals surface area contributed by atoms with Crippen molar-refractivity contribution in [2.75, 3.05) is 13.1 Å². The Morgan fingerprint density at radius 1 is 1.38 bits per heavy atom. The molecule has 1 fully saturated rings. The van der Waals surface area contributed by atoms with Gasteiger partial charge in [0.15, 0.2) is 0 Å². The first-order chi connectivity index (χ1) is 11.2. The van der Waals surface area contributed by atoms with Crippen LogP contribution in [-0.4, -0.2) is 49.6 Å². The van der Waals surface area contributed by atoms with Crippen LogP contribution >= 0.6 is 0 Å². The molecule has 0 spiro atoms. The SMILES string of the molecule is CCN(CC(=O)O)C1CC(NS(=O)(=O)c2cccc(C(C)C)c2)C1. The molecular formula is C17H26N2O4S. The Labute approximate surface area is 143 Å². The lowest BCUT2D eigenvalue weighted by Gasteiger charge is -2.42. The second kappa shape index (κ2) is 7.63. The lowest BCUT2D eigenvalue weighted by atomic mass is 9.86. The highest BCUT2D eigenvalue weighted by molar-refractivity contribution is 7.89. The van der Waals surface area contributed by atoms with Gasteiger partial charge in [0.1, 0.15) is 0 Å². The van der Waals surface area contributed by atoms with Crippen LogP contribution in [-0.2, 0) is 14.8 Å². The van der Waals surface area contributed by atoms with Crippen molar-refractivity contribution >= 4 is 16.0 Å². The van der Waals surface area contributed by atoms with Crippen molar-refractivity contribution in [3.8, 4) is 0 Å². The molecule has 0 amide bonds. The van der Waals surface area contributed by atoms with Crippen molar-refractivity contribution in [1.82, 2.24) is 9.62 Å². The number of nitrogens with one attached hydrogen (secondary N) is 1. The molecule has 0 bridgehead atoms. The van der Waals surface area contributed by atoms with Crippen molar-refractivity contribution in [2.45, 2.75) is 56.5 Å². The predicted octanol–water partition coefficient (Wildman–Crippen LogP) is 2.03. The van der Waals surface area contributed by atoms with Gasteiger partial charge in [0.2, 0.25) is 10.0 Å². The van der Waals surface area contributed by atoms with E-state index in [2.05, 4.69) is 4.72 Å². The zero-order chi connectivity index (χ0) is 17.9. The molecular weight excluding hydrogens is 328 g/mol. The Morgan fingerprint density at radius 3 is 2.58 bits per heavy atom. The Kier molecular flexibility index (Phi) is 6.01. The number of sulfonamides is 1. The van der Waals surface area contributed by atoms with Crippen molar-refractivity contribution in [3.63, 3.8) is 0 Å². The third-order valence-electron chi connectivity index (χ3n) is 4.53. The Morgan fingerprint density at radius 2 is 2.04 bits per heavy atom. The van der Waals surface area contributed by atoms with E-state index in [0.29, 0.717) is 19.4 Å². The number of carbonyl (C=O) groups is 1. The molecule has 0 heterocycles. The topological polar surface area (TPSA) is 86.7 Å². The van der Waals surface area contributed by atoms with Crippen LogP contribution in [0.15, 0.2) is 29.2 Å². The molecule has 0 saturated heterocycles. The summed E-state index contributed by atoms with van der Waals surface area (Å²) in [4.78, 5) is 13.0. The molecule has 2 N–H and O–H groups in total. The lowest BCUT2D eigenvalue weighted by Crippen LogP contribution is -2.54. The second-order valence-electron chi connectivity index (χ2n) is 6.63. The van der Waals surface area contributed by atoms with E-state index in [1.54, 1.807) is 18.2 Å². The molecule has 7 heteroatoms. The van der Waals surface area contributed by atoms with Crippen LogP contribution in [0.5, 0.6) is 0 Å². The van der Waals surface area contributed by atoms with Gasteiger partial charge in [0.25, 0.3) is 0 Å². The summed E-state index contributed by atoms with van der Waals surface area (Å²) in [5.41, 5.74) is 0.989. The molecule has 6 nitrogen and oxygen atoms in total. The van der Waals surface area contributed by atoms with Gasteiger partial charge in [-0.05, 0) is 43.0 Å². The minimum absolute atomic E-state index is 0.00291. The Balaban J connectivity index is 1.97. The first-order valence-electron chi connectivity index (χ1n) is 8.31. The molecule has 1 aliphatic carbocycles. The third-order valence-corrected chi connectivity index (χ3v) is 6.05. The van der Waals surface area contributed by atoms with Crippen molar-refractivity contribution in [1.29, 1.82) is 0 Å². The molecule has 1 saturated carbocycles. The van der Waals surface area contributed by atoms with Crippen LogP contribution in [0, 0.1) is 0 Å². The fourth-order valence-corrected chi connectivity index (χ4v) is 4.30. The quantitative estimate of drug-likeness (QED) is 0.746. The average molecular weight is 354 g/mol. The summed E-state index contributed by atoms with van der Waals surface area (Å²) in [5.74, 6) is -0.589. The van der Waals surface area contributed by atoms with Crippen LogP contribution in [0.2, 0.25) is 0 Å². The largest absolute Gasteiger partial charge is 0.480 e. The number of benzene rings is 1. The van der Waals surface area contributed by atoms with Gasteiger partial charge in [0, 0.05) is 12.1 Å². The first-order valence-corrected chi connectivity index (χ1v) is 9.79. The molecule has 0 aliphatic heterocycles. The van der Waals surface area contributed by atoms with E-state index in [9.17, 15) is 13.2 Å². The van der Waals surface area contributed by atoms with Gasteiger partial charge in [-0.15, -0.1) is 0 Å². The summed E-state index contributed by atoms with van der Waals surface area (Å²) >= 11 is 0. The monoisotopic (exact) mass is 354 g/mol. The maximum atomic E-state index is 12.5. The number of aliphatic carboxylic acids is 1. The predicted molar refractivity (Wildman–Crippen MR) is 92.5 cm³/mol. The number of carboxylic acids is 1. The molecule has 0 radical (unpaired) electrons. The molecule has 1 aliphatic rings. The van der Waals surface area contributed by atoms with Gasteiger partial charge >= 0.3 is 5.97 Å². The van der Waals surface area contributed by atoms with Gasteiger partial charge in [-0.2, -0.15) is 0 Å². The van der Waals surface area contributed by atoms with Crippen LogP contribution in [0.4, 0.5) is 0 Å². The van der Waals surface area contributed by atoms with Crippen LogP contribution < -0.4 is 4.72 Å². The number of hydrogen-bond donors (Lipinski definition) is 2. The van der Waals surface area contributed by atoms with Crippen molar-refractivity contribution in [3.05, 3.63) is 29.8 Å². The van der Waals surface area contributed by atoms with Gasteiger partial charge in [0.05, 0.1) is 11.4 Å². The molecule has 1 aromatic rings. The smallest absolute Gasteiger partial charge is 0.317 e. The Hall–Kier alpha value is -1.44. The second-order valence-corrected chi connectivity index (χ2v) is 8.34. The fourth-order valence-electron chi connectivity index (χ4n) is 2.98. The molecule has 0 unspecified atom stereocenters. The molecule has 0 aromatic heterocycles. The fraction of sp³-hybridized carbons (Fsp3) is 0.588. The number of nitrogens with zero attached hydrogens (tertiary/aromatic N) is 1. The summed E-state index contributed by atoms with van der Waals surface area (Å²) in [6.45, 7) is 6.61. The molecule has 1 aromatic carbocycles. The van der Waals surface area contributed by atoms with E-state index >= 15 is 0 Å². The van der Waals surface area contributed by atoms with Crippen molar-refractivity contribution < 1.29 is 18.3 Å². The highest BCUT2D eigenvalue weighted by Gasteiger charge is 2.36. The summed E-state index contributed by atoms with van der Waals surface area (Å²) in [5, 5.41) is 8.90. The van der Waals surface area contributed by atoms with Crippen LogP contribution in [0.1, 0.15) is 45.1 Å². The van der Waals surface area contributed by atoms with E-state index in [1.165, 1.54) is 0 Å². The minimum atomic E-state index is -3.54. The van der Waals surface area contributed by atoms with E-state index in [-0.39, 0.29) is 29.4 Å². The van der Waals surface area contributed by atoms with E-state index < -0.39 is 16.0 Å². The minimum Gasteiger partial charge on any atom is -0.480 e. The standard InChI is InChI=1S/C17H26N2O4S/c1-4-19(11-17(20)21)15-9-14(10-15)18-24(22,23)16-7-5-6-13(8-16)12(2)3/h5-8,12,14-15,18H,4,9-11H2,1-3H3,(H,20,21). The number of rotatable bonds is 8. The van der Waals surface area contributed by atoms with E-state index in [0.717, 1.165) is 5.56 Å². The number of likely N-dealkylation sites (N-methyl/N-ethyl adjacent to an activating group) is 1. The average Bonchev–Trinajstić information content (AvgIpc) is 2.48. The van der Waals surface area contributed by atoms with E-state index in [1.807, 2.05) is 31.7 Å². The molecule has 0 atom stereocenters. The maximum Gasteiger partial charge on any atom is 0.317 e. The molecule has 2 rings (SSSR count). The molecule has 24 heavy (non-hydrogen) atoms. The highest BCUT2D eigenvalue weighted by atomic mass is 32.2.